The molecule has 10 heteroatoms. The van der Waals surface area contributed by atoms with E-state index < -0.39 is 25.9 Å². The maximum Gasteiger partial charge on any atom is 0.243 e. The average Bonchev–Trinajstić information content (AvgIpc) is 2.50. The fourth-order valence-corrected chi connectivity index (χ4v) is 4.94. The maximum absolute atomic E-state index is 13.1. The summed E-state index contributed by atoms with van der Waals surface area (Å²) in [4.78, 5) is -0.106. The molecule has 2 rings (SSSR count). The molecule has 1 heterocycles. The zero-order valence-corrected chi connectivity index (χ0v) is 14.3. The molecule has 0 amide bonds. The Morgan fingerprint density at radius 1 is 1.09 bits per heavy atom. The zero-order valence-electron chi connectivity index (χ0n) is 11.9. The van der Waals surface area contributed by atoms with Gasteiger partial charge >= 0.3 is 0 Å². The van der Waals surface area contributed by atoms with Crippen LogP contribution in [0.3, 0.4) is 0 Å². The largest absolute Gasteiger partial charge is 0.243 e. The Bertz CT molecular complexity index is 759. The van der Waals surface area contributed by atoms with E-state index in [1.165, 1.54) is 8.61 Å². The fourth-order valence-electron chi connectivity index (χ4n) is 2.16. The van der Waals surface area contributed by atoms with Crippen LogP contribution >= 0.6 is 11.6 Å². The first-order valence-electron chi connectivity index (χ1n) is 6.61. The summed E-state index contributed by atoms with van der Waals surface area (Å²) in [6.45, 7) is 1.85. The molecule has 22 heavy (non-hydrogen) atoms. The second kappa shape index (κ2) is 6.40. The molecule has 6 nitrogen and oxygen atoms in total. The van der Waals surface area contributed by atoms with E-state index in [1.54, 1.807) is 6.92 Å². The van der Waals surface area contributed by atoms with Crippen LogP contribution in [0, 0.1) is 5.82 Å². The molecule has 0 N–H and O–H groups in total. The molecule has 1 aromatic rings. The van der Waals surface area contributed by atoms with Crippen LogP contribution in [0.4, 0.5) is 4.39 Å². The number of hydrogen-bond donors (Lipinski definition) is 0. The summed E-state index contributed by atoms with van der Waals surface area (Å²) < 4.78 is 64.0. The zero-order chi connectivity index (χ0) is 16.5. The van der Waals surface area contributed by atoms with Gasteiger partial charge in [-0.05, 0) is 25.1 Å². The predicted octanol–water partition coefficient (Wildman–Crippen LogP) is 1.14. The summed E-state index contributed by atoms with van der Waals surface area (Å²) in [5.41, 5.74) is 0. The summed E-state index contributed by atoms with van der Waals surface area (Å²) in [6.07, 6.45) is 0. The highest BCUT2D eigenvalue weighted by atomic mass is 35.5. The lowest BCUT2D eigenvalue weighted by Gasteiger charge is -2.33. The average molecular weight is 371 g/mol. The molecular formula is C12H16ClFN2O4S2. The highest BCUT2D eigenvalue weighted by molar-refractivity contribution is 7.89. The minimum absolute atomic E-state index is 0.0205. The van der Waals surface area contributed by atoms with Gasteiger partial charge in [0.15, 0.2) is 0 Å². The Labute approximate surface area is 134 Å². The summed E-state index contributed by atoms with van der Waals surface area (Å²) in [7, 11) is -7.14. The lowest BCUT2D eigenvalue weighted by Crippen LogP contribution is -2.50. The number of sulfonamides is 2. The minimum Gasteiger partial charge on any atom is -0.212 e. The van der Waals surface area contributed by atoms with Gasteiger partial charge in [0.25, 0.3) is 0 Å². The minimum atomic E-state index is -3.82. The quantitative estimate of drug-likeness (QED) is 0.796. The van der Waals surface area contributed by atoms with Crippen LogP contribution in [0.15, 0.2) is 23.1 Å². The molecule has 0 atom stereocenters. The second-order valence-corrected chi connectivity index (χ2v) is 9.38. The number of benzene rings is 1. The van der Waals surface area contributed by atoms with Crippen molar-refractivity contribution in [2.24, 2.45) is 0 Å². The lowest BCUT2D eigenvalue weighted by molar-refractivity contribution is 0.273. The lowest BCUT2D eigenvalue weighted by atomic mass is 10.3. The number of piperazine rings is 1. The van der Waals surface area contributed by atoms with Gasteiger partial charge in [0, 0.05) is 26.2 Å². The molecule has 0 aliphatic carbocycles. The Morgan fingerprint density at radius 3 is 2.14 bits per heavy atom. The fraction of sp³-hybridized carbons (Fsp3) is 0.500. The SMILES string of the molecule is CCS(=O)(=O)N1CCN(S(=O)(=O)c2ccc(F)c(Cl)c2)CC1. The molecule has 1 aromatic carbocycles. The van der Waals surface area contributed by atoms with Crippen molar-refractivity contribution in [3.63, 3.8) is 0 Å². The van der Waals surface area contributed by atoms with Gasteiger partial charge in [0.2, 0.25) is 20.0 Å². The Hall–Kier alpha value is -0.740. The maximum atomic E-state index is 13.1. The van der Waals surface area contributed by atoms with Gasteiger partial charge in [-0.15, -0.1) is 0 Å². The first kappa shape index (κ1) is 17.6. The summed E-state index contributed by atoms with van der Waals surface area (Å²) >= 11 is 5.62. The number of rotatable bonds is 4. The third-order valence-electron chi connectivity index (χ3n) is 3.48. The van der Waals surface area contributed by atoms with E-state index in [0.717, 1.165) is 18.2 Å². The van der Waals surface area contributed by atoms with Crippen LogP contribution in [-0.4, -0.2) is 57.4 Å². The third-order valence-corrected chi connectivity index (χ3v) is 7.55. The van der Waals surface area contributed by atoms with Crippen LogP contribution in [0.2, 0.25) is 5.02 Å². The van der Waals surface area contributed by atoms with Crippen molar-refractivity contribution < 1.29 is 21.2 Å². The van der Waals surface area contributed by atoms with E-state index in [4.69, 9.17) is 11.6 Å². The third kappa shape index (κ3) is 3.43. The van der Waals surface area contributed by atoms with Crippen LogP contribution in [0.25, 0.3) is 0 Å². The first-order valence-corrected chi connectivity index (χ1v) is 10.0. The molecule has 0 aromatic heterocycles. The van der Waals surface area contributed by atoms with Gasteiger partial charge in [-0.1, -0.05) is 11.6 Å². The molecule has 1 saturated heterocycles. The van der Waals surface area contributed by atoms with Gasteiger partial charge in [-0.2, -0.15) is 8.61 Å². The number of hydrogen-bond acceptors (Lipinski definition) is 4. The molecule has 1 fully saturated rings. The predicted molar refractivity (Wildman–Crippen MR) is 81.2 cm³/mol. The summed E-state index contributed by atoms with van der Waals surface area (Å²) in [5, 5.41) is -0.270. The van der Waals surface area contributed by atoms with Crippen LogP contribution in [0.5, 0.6) is 0 Å². The van der Waals surface area contributed by atoms with Gasteiger partial charge < -0.3 is 0 Å². The van der Waals surface area contributed by atoms with Gasteiger partial charge in [0.1, 0.15) is 5.82 Å². The molecule has 1 aliphatic heterocycles. The normalized spacial score (nSPS) is 18.5. The van der Waals surface area contributed by atoms with E-state index >= 15 is 0 Å². The first-order chi connectivity index (χ1) is 10.2. The van der Waals surface area contributed by atoms with E-state index in [-0.39, 0.29) is 41.8 Å². The molecule has 1 aliphatic rings. The van der Waals surface area contributed by atoms with Crippen LogP contribution < -0.4 is 0 Å². The summed E-state index contributed by atoms with van der Waals surface area (Å²) in [5.74, 6) is -0.715. The number of halogens is 2. The number of nitrogens with zero attached hydrogens (tertiary/aromatic N) is 2. The monoisotopic (exact) mass is 370 g/mol. The van der Waals surface area contributed by atoms with Crippen LogP contribution in [0.1, 0.15) is 6.92 Å². The standard InChI is InChI=1S/C12H16ClFN2O4S2/c1-2-21(17,18)15-5-7-16(8-6-15)22(19,20)10-3-4-12(14)11(13)9-10/h3-4,9H,2,5-8H2,1H3. The van der Waals surface area contributed by atoms with E-state index in [1.807, 2.05) is 0 Å². The smallest absolute Gasteiger partial charge is 0.212 e. The van der Waals surface area contributed by atoms with Crippen LogP contribution in [-0.2, 0) is 20.0 Å². The molecular weight excluding hydrogens is 355 g/mol. The molecule has 0 spiro atoms. The highest BCUT2D eigenvalue weighted by Crippen LogP contribution is 2.23. The molecule has 0 bridgehead atoms. The molecule has 124 valence electrons. The second-order valence-electron chi connectivity index (χ2n) is 4.78. The van der Waals surface area contributed by atoms with E-state index in [2.05, 4.69) is 0 Å². The van der Waals surface area contributed by atoms with Crippen molar-refractivity contribution in [2.45, 2.75) is 11.8 Å². The molecule has 0 radical (unpaired) electrons. The van der Waals surface area contributed by atoms with Crippen molar-refractivity contribution in [1.82, 2.24) is 8.61 Å². The highest BCUT2D eigenvalue weighted by Gasteiger charge is 2.32. The van der Waals surface area contributed by atoms with Crippen molar-refractivity contribution in [2.75, 3.05) is 31.9 Å². The van der Waals surface area contributed by atoms with Crippen molar-refractivity contribution in [3.8, 4) is 0 Å². The van der Waals surface area contributed by atoms with E-state index in [9.17, 15) is 21.2 Å². The van der Waals surface area contributed by atoms with Crippen molar-refractivity contribution in [1.29, 1.82) is 0 Å². The van der Waals surface area contributed by atoms with Gasteiger partial charge in [0.05, 0.1) is 15.7 Å². The van der Waals surface area contributed by atoms with Gasteiger partial charge in [-0.3, -0.25) is 0 Å². The van der Waals surface area contributed by atoms with Crippen molar-refractivity contribution >= 4 is 31.6 Å². The molecule has 0 unspecified atom stereocenters. The Morgan fingerprint density at radius 2 is 1.64 bits per heavy atom. The summed E-state index contributed by atoms with van der Waals surface area (Å²) in [6, 6.07) is 3.19. The van der Waals surface area contributed by atoms with E-state index in [0.29, 0.717) is 0 Å². The Kier molecular flexibility index (Phi) is 5.13. The topological polar surface area (TPSA) is 74.8 Å². The Balaban J connectivity index is 2.18. The molecule has 0 saturated carbocycles. The van der Waals surface area contributed by atoms with Crippen molar-refractivity contribution in [3.05, 3.63) is 29.0 Å². The van der Waals surface area contributed by atoms with Gasteiger partial charge in [-0.25, -0.2) is 21.2 Å².